The first-order chi connectivity index (χ1) is 17.1. The number of amides is 2. The van der Waals surface area contributed by atoms with Gasteiger partial charge in [0.2, 0.25) is 0 Å². The molecule has 9 nitrogen and oxygen atoms in total. The number of anilines is 1. The van der Waals surface area contributed by atoms with Crippen LogP contribution >= 0.6 is 11.6 Å². The standard InChI is InChI=1S/C25H29ClN4O5S/c1-15(2)22(27)25(33)35-13-30-9-10-36(14-30)29-24(32)18-11-19(26)20(12-21(18)34-4)28-23(31)17-8-6-5-7-16(17)3/h5-12,15,22H,13-14,27H2,1-4H3,(H,28,31)/t22-,36?/m0/s1. The van der Waals surface area contributed by atoms with E-state index in [-0.39, 0.29) is 34.9 Å². The minimum atomic E-state index is -0.751. The number of benzene rings is 2. The highest BCUT2D eigenvalue weighted by Gasteiger charge is 2.22. The van der Waals surface area contributed by atoms with Gasteiger partial charge < -0.3 is 25.4 Å². The van der Waals surface area contributed by atoms with Gasteiger partial charge in [-0.3, -0.25) is 14.4 Å². The Kier molecular flexibility index (Phi) is 9.25. The molecule has 1 unspecified atom stereocenters. The van der Waals surface area contributed by atoms with Crippen LogP contribution in [0, 0.1) is 12.8 Å². The molecule has 0 saturated heterocycles. The molecule has 0 aliphatic carbocycles. The summed E-state index contributed by atoms with van der Waals surface area (Å²) in [5.41, 5.74) is 7.61. The summed E-state index contributed by atoms with van der Waals surface area (Å²) in [5.74, 6) is -0.734. The average Bonchev–Trinajstić information content (AvgIpc) is 3.30. The molecule has 3 N–H and O–H groups in total. The highest BCUT2D eigenvalue weighted by Crippen LogP contribution is 2.32. The number of nitrogens with one attached hydrogen (secondary N) is 1. The fourth-order valence-corrected chi connectivity index (χ4v) is 4.76. The molecule has 0 aromatic heterocycles. The molecule has 0 radical (unpaired) electrons. The molecule has 0 spiro atoms. The van der Waals surface area contributed by atoms with Crippen molar-refractivity contribution < 1.29 is 23.9 Å². The molecule has 0 bridgehead atoms. The monoisotopic (exact) mass is 532 g/mol. The summed E-state index contributed by atoms with van der Waals surface area (Å²) in [6.07, 6.45) is 1.72. The van der Waals surface area contributed by atoms with Crippen molar-refractivity contribution in [2.45, 2.75) is 26.8 Å². The molecule has 36 heavy (non-hydrogen) atoms. The summed E-state index contributed by atoms with van der Waals surface area (Å²) in [6.45, 7) is 5.54. The number of rotatable bonds is 8. The van der Waals surface area contributed by atoms with Gasteiger partial charge in [0, 0.05) is 23.2 Å². The number of hydrogen-bond acceptors (Lipinski definition) is 7. The summed E-state index contributed by atoms with van der Waals surface area (Å²) in [6, 6.07) is 9.41. The van der Waals surface area contributed by atoms with Gasteiger partial charge in [0.05, 0.1) is 29.3 Å². The van der Waals surface area contributed by atoms with Crippen molar-refractivity contribution in [2.24, 2.45) is 16.0 Å². The van der Waals surface area contributed by atoms with Crippen molar-refractivity contribution in [2.75, 3.05) is 25.0 Å². The Hall–Kier alpha value is -3.21. The quantitative estimate of drug-likeness (QED) is 0.491. The van der Waals surface area contributed by atoms with Gasteiger partial charge in [0.1, 0.15) is 11.8 Å². The Morgan fingerprint density at radius 2 is 1.94 bits per heavy atom. The van der Waals surface area contributed by atoms with Crippen LogP contribution < -0.4 is 15.8 Å². The minimum absolute atomic E-state index is 0.0212. The lowest BCUT2D eigenvalue weighted by Gasteiger charge is -2.19. The Labute approximate surface area is 217 Å². The highest BCUT2D eigenvalue weighted by atomic mass is 35.5. The number of carbonyl (C=O) groups is 3. The van der Waals surface area contributed by atoms with E-state index in [1.165, 1.54) is 19.2 Å². The highest BCUT2D eigenvalue weighted by molar-refractivity contribution is 7.90. The van der Waals surface area contributed by atoms with E-state index in [0.717, 1.165) is 5.56 Å². The van der Waals surface area contributed by atoms with Gasteiger partial charge in [-0.05, 0) is 41.2 Å². The molecule has 1 aliphatic heterocycles. The van der Waals surface area contributed by atoms with Crippen molar-refractivity contribution in [1.82, 2.24) is 4.90 Å². The molecular formula is C25H29ClN4O5S. The smallest absolute Gasteiger partial charge is 0.324 e. The molecule has 192 valence electrons. The molecule has 2 aromatic rings. The maximum absolute atomic E-state index is 12.9. The predicted octanol–water partition coefficient (Wildman–Crippen LogP) is 4.08. The summed E-state index contributed by atoms with van der Waals surface area (Å²) >= 11 is 6.39. The van der Waals surface area contributed by atoms with Crippen LogP contribution in [0.1, 0.15) is 40.1 Å². The van der Waals surface area contributed by atoms with Gasteiger partial charge in [0.15, 0.2) is 6.73 Å². The lowest BCUT2D eigenvalue weighted by atomic mass is 10.1. The fourth-order valence-electron chi connectivity index (χ4n) is 3.22. The third-order valence-electron chi connectivity index (χ3n) is 5.45. The second kappa shape index (κ2) is 12.2. The third kappa shape index (κ3) is 6.71. The van der Waals surface area contributed by atoms with Crippen LogP contribution in [-0.4, -0.2) is 48.4 Å². The minimum Gasteiger partial charge on any atom is -0.496 e. The van der Waals surface area contributed by atoms with Crippen LogP contribution in [0.4, 0.5) is 5.69 Å². The molecule has 1 heterocycles. The van der Waals surface area contributed by atoms with E-state index in [1.807, 2.05) is 32.9 Å². The summed E-state index contributed by atoms with van der Waals surface area (Å²) in [5, 5.41) is 4.71. The zero-order chi connectivity index (χ0) is 26.4. The lowest BCUT2D eigenvalue weighted by Crippen LogP contribution is -2.38. The number of esters is 1. The van der Waals surface area contributed by atoms with Gasteiger partial charge in [-0.15, -0.1) is 0 Å². The normalized spacial score (nSPS) is 15.8. The fraction of sp³-hybridized carbons (Fsp3) is 0.320. The summed E-state index contributed by atoms with van der Waals surface area (Å²) in [4.78, 5) is 39.3. The van der Waals surface area contributed by atoms with Crippen LogP contribution in [0.25, 0.3) is 0 Å². The Bertz CT molecular complexity index is 1230. The van der Waals surface area contributed by atoms with Crippen molar-refractivity contribution in [3.05, 3.63) is 69.7 Å². The van der Waals surface area contributed by atoms with E-state index >= 15 is 0 Å². The predicted molar refractivity (Wildman–Crippen MR) is 141 cm³/mol. The molecular weight excluding hydrogens is 504 g/mol. The first-order valence-electron chi connectivity index (χ1n) is 11.2. The number of aryl methyl sites for hydroxylation is 1. The van der Waals surface area contributed by atoms with Gasteiger partial charge in [-0.25, -0.2) is 0 Å². The Morgan fingerprint density at radius 3 is 2.61 bits per heavy atom. The third-order valence-corrected chi connectivity index (χ3v) is 7.19. The van der Waals surface area contributed by atoms with E-state index < -0.39 is 28.6 Å². The number of halogens is 1. The number of methoxy groups -OCH3 is 1. The SMILES string of the molecule is COc1cc(NC(=O)c2ccccc2C)c(Cl)cc1C(=O)N=S1C=CN(COC(=O)[C@@H](N)C(C)C)C1. The molecule has 0 fully saturated rings. The number of hydrogen-bond donors (Lipinski definition) is 2. The van der Waals surface area contributed by atoms with Crippen LogP contribution in [-0.2, 0) is 20.2 Å². The maximum atomic E-state index is 12.9. The largest absolute Gasteiger partial charge is 0.496 e. The molecule has 11 heteroatoms. The topological polar surface area (TPSA) is 123 Å². The number of nitrogens with two attached hydrogens (primary N) is 1. The van der Waals surface area contributed by atoms with E-state index in [1.54, 1.807) is 28.6 Å². The summed E-state index contributed by atoms with van der Waals surface area (Å²) in [7, 11) is 0.668. The van der Waals surface area contributed by atoms with Crippen molar-refractivity contribution in [3.63, 3.8) is 0 Å². The molecule has 3 rings (SSSR count). The molecule has 1 aliphatic rings. The Balaban J connectivity index is 1.69. The van der Waals surface area contributed by atoms with Crippen LogP contribution in [0.5, 0.6) is 5.75 Å². The lowest BCUT2D eigenvalue weighted by molar-refractivity contribution is -0.149. The molecule has 0 saturated carbocycles. The Morgan fingerprint density at radius 1 is 1.22 bits per heavy atom. The second-order valence-electron chi connectivity index (χ2n) is 8.46. The van der Waals surface area contributed by atoms with Crippen molar-refractivity contribution in [3.8, 4) is 5.75 Å². The maximum Gasteiger partial charge on any atom is 0.324 e. The summed E-state index contributed by atoms with van der Waals surface area (Å²) < 4.78 is 14.9. The zero-order valence-electron chi connectivity index (χ0n) is 20.5. The van der Waals surface area contributed by atoms with Gasteiger partial charge >= 0.3 is 5.97 Å². The number of ether oxygens (including phenoxy) is 2. The average molecular weight is 533 g/mol. The van der Waals surface area contributed by atoms with Crippen LogP contribution in [0.3, 0.4) is 0 Å². The first-order valence-corrected chi connectivity index (χ1v) is 12.9. The second-order valence-corrected chi connectivity index (χ2v) is 10.4. The van der Waals surface area contributed by atoms with E-state index in [2.05, 4.69) is 9.68 Å². The van der Waals surface area contributed by atoms with Gasteiger partial charge in [-0.1, -0.05) is 43.6 Å². The zero-order valence-corrected chi connectivity index (χ0v) is 22.1. The van der Waals surface area contributed by atoms with Crippen molar-refractivity contribution in [1.29, 1.82) is 0 Å². The molecule has 2 amide bonds. The number of nitrogens with zero attached hydrogens (tertiary/aromatic N) is 2. The van der Waals surface area contributed by atoms with Crippen molar-refractivity contribution >= 4 is 45.8 Å². The van der Waals surface area contributed by atoms with Crippen LogP contribution in [0.15, 0.2) is 52.4 Å². The molecule has 2 atom stereocenters. The van der Waals surface area contributed by atoms with Crippen LogP contribution in [0.2, 0.25) is 5.02 Å². The van der Waals surface area contributed by atoms with Gasteiger partial charge in [0.25, 0.3) is 11.8 Å². The van der Waals surface area contributed by atoms with E-state index in [9.17, 15) is 14.4 Å². The van der Waals surface area contributed by atoms with E-state index in [4.69, 9.17) is 26.8 Å². The van der Waals surface area contributed by atoms with Gasteiger partial charge in [-0.2, -0.15) is 4.36 Å². The molecule has 2 aromatic carbocycles. The van der Waals surface area contributed by atoms with E-state index in [0.29, 0.717) is 17.1 Å². The first kappa shape index (κ1) is 27.4. The number of carbonyl (C=O) groups excluding carboxylic acids is 3.